The zero-order valence-electron chi connectivity index (χ0n) is 14.2. The fourth-order valence-electron chi connectivity index (χ4n) is 2.59. The van der Waals surface area contributed by atoms with Gasteiger partial charge in [-0.15, -0.1) is 0 Å². The molecule has 0 radical (unpaired) electrons. The van der Waals surface area contributed by atoms with E-state index < -0.39 is 11.7 Å². The highest BCUT2D eigenvalue weighted by Gasteiger charge is 2.17. The van der Waals surface area contributed by atoms with Crippen molar-refractivity contribution < 1.29 is 14.1 Å². The van der Waals surface area contributed by atoms with Crippen LogP contribution in [0.3, 0.4) is 0 Å². The number of nitrogens with zero attached hydrogens (tertiary/aromatic N) is 3. The van der Waals surface area contributed by atoms with Gasteiger partial charge in [-0.05, 0) is 18.2 Å². The van der Waals surface area contributed by atoms with E-state index in [2.05, 4.69) is 15.5 Å². The number of methoxy groups -OCH3 is 1. The molecule has 136 valence electrons. The number of amides is 1. The third-order valence-electron chi connectivity index (χ3n) is 3.86. The monoisotopic (exact) mass is 382 g/mol. The Bertz CT molecular complexity index is 1160. The highest BCUT2D eigenvalue weighted by Crippen LogP contribution is 2.29. The molecule has 0 atom stereocenters. The molecule has 9 heteroatoms. The first-order chi connectivity index (χ1) is 13.1. The van der Waals surface area contributed by atoms with Crippen LogP contribution >= 0.6 is 11.3 Å². The summed E-state index contributed by atoms with van der Waals surface area (Å²) in [6.07, 6.45) is 0. The normalized spacial score (nSPS) is 10.9. The number of aromatic nitrogens is 3. The van der Waals surface area contributed by atoms with Crippen LogP contribution in [0.4, 0.5) is 5.13 Å². The van der Waals surface area contributed by atoms with Gasteiger partial charge in [0.15, 0.2) is 11.0 Å². The smallest absolute Gasteiger partial charge is 0.442 e. The van der Waals surface area contributed by atoms with Gasteiger partial charge in [0.1, 0.15) is 12.3 Å². The van der Waals surface area contributed by atoms with E-state index in [1.54, 1.807) is 25.3 Å². The Morgan fingerprint density at radius 1 is 1.26 bits per heavy atom. The summed E-state index contributed by atoms with van der Waals surface area (Å²) >= 11 is 1.32. The highest BCUT2D eigenvalue weighted by atomic mass is 32.1. The number of anilines is 1. The van der Waals surface area contributed by atoms with Crippen molar-refractivity contribution in [2.75, 3.05) is 12.4 Å². The summed E-state index contributed by atoms with van der Waals surface area (Å²) in [6.45, 7) is -0.230. The second-order valence-electron chi connectivity index (χ2n) is 5.63. The molecule has 1 N–H and O–H groups in total. The summed E-state index contributed by atoms with van der Waals surface area (Å²) in [5.74, 6) is -0.0844. The van der Waals surface area contributed by atoms with Gasteiger partial charge in [-0.25, -0.2) is 14.3 Å². The lowest BCUT2D eigenvalue weighted by Gasteiger charge is -2.04. The molecule has 27 heavy (non-hydrogen) atoms. The summed E-state index contributed by atoms with van der Waals surface area (Å²) in [4.78, 5) is 28.7. The average molecular weight is 382 g/mol. The molecule has 0 saturated heterocycles. The van der Waals surface area contributed by atoms with Crippen LogP contribution in [-0.4, -0.2) is 27.7 Å². The number of carbonyl (C=O) groups excluding carboxylic acids is 1. The predicted octanol–water partition coefficient (Wildman–Crippen LogP) is 2.76. The molecular weight excluding hydrogens is 368 g/mol. The Morgan fingerprint density at radius 2 is 2.07 bits per heavy atom. The van der Waals surface area contributed by atoms with E-state index in [0.717, 1.165) is 10.2 Å². The van der Waals surface area contributed by atoms with Gasteiger partial charge >= 0.3 is 5.76 Å². The summed E-state index contributed by atoms with van der Waals surface area (Å²) in [5.41, 5.74) is 1.44. The van der Waals surface area contributed by atoms with Crippen LogP contribution in [0.25, 0.3) is 21.6 Å². The number of rotatable bonds is 5. The number of hydrogen-bond acceptors (Lipinski definition) is 7. The van der Waals surface area contributed by atoms with Crippen molar-refractivity contribution >= 4 is 32.6 Å². The standard InChI is InChI=1S/C18H14N4O4S/c1-25-12-7-8-13-14(9-12)27-17(19-13)20-15(23)10-22-16(21-26-18(22)24)11-5-3-2-4-6-11/h2-9H,10H2,1H3,(H,19,20,23). The number of thiazole rings is 1. The van der Waals surface area contributed by atoms with Crippen molar-refractivity contribution in [3.05, 3.63) is 59.1 Å². The summed E-state index contributed by atoms with van der Waals surface area (Å²) < 4.78 is 12.0. The number of nitrogens with one attached hydrogen (secondary N) is 1. The molecule has 4 rings (SSSR count). The Labute approximate surface area is 157 Å². The molecule has 0 fully saturated rings. The van der Waals surface area contributed by atoms with Gasteiger partial charge in [0, 0.05) is 5.56 Å². The van der Waals surface area contributed by atoms with Crippen LogP contribution < -0.4 is 15.8 Å². The molecule has 1 amide bonds. The molecule has 0 spiro atoms. The number of hydrogen-bond donors (Lipinski definition) is 1. The third-order valence-corrected chi connectivity index (χ3v) is 4.80. The molecule has 0 aliphatic heterocycles. The largest absolute Gasteiger partial charge is 0.497 e. The fourth-order valence-corrected chi connectivity index (χ4v) is 3.50. The zero-order valence-corrected chi connectivity index (χ0v) is 15.0. The summed E-state index contributed by atoms with van der Waals surface area (Å²) in [6, 6.07) is 14.5. The summed E-state index contributed by atoms with van der Waals surface area (Å²) in [5, 5.41) is 6.92. The topological polar surface area (TPSA) is 99.2 Å². The van der Waals surface area contributed by atoms with Crippen molar-refractivity contribution in [3.63, 3.8) is 0 Å². The van der Waals surface area contributed by atoms with Crippen molar-refractivity contribution in [2.45, 2.75) is 6.54 Å². The minimum Gasteiger partial charge on any atom is -0.497 e. The number of carbonyl (C=O) groups is 1. The molecule has 2 aromatic carbocycles. The van der Waals surface area contributed by atoms with Gasteiger partial charge < -0.3 is 10.1 Å². The Kier molecular flexibility index (Phi) is 4.43. The van der Waals surface area contributed by atoms with Crippen LogP contribution in [0.5, 0.6) is 5.75 Å². The molecule has 0 aliphatic carbocycles. The first-order valence-corrected chi connectivity index (χ1v) is 8.82. The zero-order chi connectivity index (χ0) is 18.8. The maximum absolute atomic E-state index is 12.4. The molecule has 0 bridgehead atoms. The number of benzene rings is 2. The van der Waals surface area contributed by atoms with Gasteiger partial charge in [-0.1, -0.05) is 46.8 Å². The van der Waals surface area contributed by atoms with Crippen molar-refractivity contribution in [1.82, 2.24) is 14.7 Å². The fraction of sp³-hybridized carbons (Fsp3) is 0.111. The SMILES string of the molecule is COc1ccc2nc(NC(=O)Cn3c(-c4ccccc4)noc3=O)sc2c1. The van der Waals surface area contributed by atoms with Gasteiger partial charge in [0.05, 0.1) is 17.3 Å². The Balaban J connectivity index is 1.55. The molecular formula is C18H14N4O4S. The van der Waals surface area contributed by atoms with Gasteiger partial charge in [-0.3, -0.25) is 9.32 Å². The first kappa shape index (κ1) is 17.0. The molecule has 2 heterocycles. The predicted molar refractivity (Wildman–Crippen MR) is 101 cm³/mol. The van der Waals surface area contributed by atoms with Crippen LogP contribution in [0, 0.1) is 0 Å². The second kappa shape index (κ2) is 7.04. The van der Waals surface area contributed by atoms with Gasteiger partial charge in [0.2, 0.25) is 5.91 Å². The van der Waals surface area contributed by atoms with Crippen molar-refractivity contribution in [1.29, 1.82) is 0 Å². The van der Waals surface area contributed by atoms with E-state index in [9.17, 15) is 9.59 Å². The van der Waals surface area contributed by atoms with E-state index in [-0.39, 0.29) is 6.54 Å². The lowest BCUT2D eigenvalue weighted by atomic mass is 10.2. The molecule has 8 nitrogen and oxygen atoms in total. The lowest BCUT2D eigenvalue weighted by Crippen LogP contribution is -2.25. The first-order valence-electron chi connectivity index (χ1n) is 8.00. The molecule has 4 aromatic rings. The van der Waals surface area contributed by atoms with Gasteiger partial charge in [0.25, 0.3) is 0 Å². The quantitative estimate of drug-likeness (QED) is 0.570. The van der Waals surface area contributed by atoms with Crippen molar-refractivity contribution in [3.8, 4) is 17.1 Å². The van der Waals surface area contributed by atoms with E-state index in [0.29, 0.717) is 22.3 Å². The maximum Gasteiger partial charge on any atom is 0.442 e. The third kappa shape index (κ3) is 3.44. The van der Waals surface area contributed by atoms with E-state index >= 15 is 0 Å². The van der Waals surface area contributed by atoms with E-state index in [1.165, 1.54) is 15.9 Å². The Hall–Kier alpha value is -3.46. The second-order valence-corrected chi connectivity index (χ2v) is 6.66. The minimum atomic E-state index is -0.696. The highest BCUT2D eigenvalue weighted by molar-refractivity contribution is 7.22. The lowest BCUT2D eigenvalue weighted by molar-refractivity contribution is -0.116. The van der Waals surface area contributed by atoms with Gasteiger partial charge in [-0.2, -0.15) is 0 Å². The molecule has 2 aromatic heterocycles. The average Bonchev–Trinajstić information content (AvgIpc) is 3.24. The Morgan fingerprint density at radius 3 is 2.85 bits per heavy atom. The van der Waals surface area contributed by atoms with E-state index in [4.69, 9.17) is 9.26 Å². The summed E-state index contributed by atoms with van der Waals surface area (Å²) in [7, 11) is 1.59. The van der Waals surface area contributed by atoms with Crippen LogP contribution in [0.15, 0.2) is 57.8 Å². The van der Waals surface area contributed by atoms with Crippen LogP contribution in [0.1, 0.15) is 0 Å². The molecule has 0 unspecified atom stereocenters. The molecule has 0 saturated carbocycles. The van der Waals surface area contributed by atoms with Crippen LogP contribution in [-0.2, 0) is 11.3 Å². The minimum absolute atomic E-state index is 0.230. The van der Waals surface area contributed by atoms with E-state index in [1.807, 2.05) is 30.3 Å². The number of ether oxygens (including phenoxy) is 1. The van der Waals surface area contributed by atoms with Crippen LogP contribution in [0.2, 0.25) is 0 Å². The molecule has 0 aliphatic rings. The maximum atomic E-state index is 12.4. The number of fused-ring (bicyclic) bond motifs is 1. The van der Waals surface area contributed by atoms with Crippen molar-refractivity contribution in [2.24, 2.45) is 0 Å².